The van der Waals surface area contributed by atoms with Gasteiger partial charge in [0.25, 0.3) is 11.5 Å². The van der Waals surface area contributed by atoms with Crippen molar-refractivity contribution in [2.45, 2.75) is 20.1 Å². The summed E-state index contributed by atoms with van der Waals surface area (Å²) in [6.45, 7) is 2.49. The first-order valence-electron chi connectivity index (χ1n) is 10.5. The monoisotopic (exact) mass is 472 g/mol. The van der Waals surface area contributed by atoms with Gasteiger partial charge >= 0.3 is 6.01 Å². The standard InChI is InChI=1S/C24H20N6O3S/c1-14-12-34-23-19(14)21(31)28-20(29-23)22(32)25-10-15-4-2-6-17(8-15)18-7-3-5-16(9-18)11-33-24-26-13-27-30-24/h2-9,12-13H,10-11H2,1H3,(H,25,32)(H,26,27,30)(H,28,29,31). The molecule has 3 aromatic heterocycles. The number of carbonyl (C=O) groups is 1. The Morgan fingerprint density at radius 3 is 2.65 bits per heavy atom. The molecule has 3 N–H and O–H groups in total. The highest BCUT2D eigenvalue weighted by Crippen LogP contribution is 2.23. The van der Waals surface area contributed by atoms with Gasteiger partial charge in [0.15, 0.2) is 0 Å². The summed E-state index contributed by atoms with van der Waals surface area (Å²) in [5.74, 6) is -0.420. The Morgan fingerprint density at radius 1 is 1.12 bits per heavy atom. The van der Waals surface area contributed by atoms with E-state index in [0.29, 0.717) is 29.4 Å². The van der Waals surface area contributed by atoms with Crippen LogP contribution >= 0.6 is 11.3 Å². The molecule has 0 radical (unpaired) electrons. The predicted octanol–water partition coefficient (Wildman–Crippen LogP) is 3.59. The first kappa shape index (κ1) is 21.5. The highest BCUT2D eigenvalue weighted by Gasteiger charge is 2.14. The van der Waals surface area contributed by atoms with Crippen LogP contribution in [0.3, 0.4) is 0 Å². The van der Waals surface area contributed by atoms with Gasteiger partial charge in [-0.1, -0.05) is 36.4 Å². The van der Waals surface area contributed by atoms with E-state index in [4.69, 9.17) is 4.74 Å². The van der Waals surface area contributed by atoms with Crippen LogP contribution in [0.5, 0.6) is 6.01 Å². The lowest BCUT2D eigenvalue weighted by atomic mass is 10.0. The number of thiophene rings is 1. The van der Waals surface area contributed by atoms with Crippen LogP contribution in [0.25, 0.3) is 21.3 Å². The third kappa shape index (κ3) is 4.57. The van der Waals surface area contributed by atoms with Crippen molar-refractivity contribution in [3.8, 4) is 17.1 Å². The maximum absolute atomic E-state index is 12.6. The Kier molecular flexibility index (Phi) is 5.88. The zero-order chi connectivity index (χ0) is 23.5. The van der Waals surface area contributed by atoms with E-state index in [1.807, 2.05) is 60.8 Å². The number of aromatic amines is 2. The molecule has 0 spiro atoms. The van der Waals surface area contributed by atoms with E-state index in [2.05, 4.69) is 30.5 Å². The van der Waals surface area contributed by atoms with Crippen LogP contribution in [0.1, 0.15) is 27.3 Å². The van der Waals surface area contributed by atoms with Crippen molar-refractivity contribution in [2.75, 3.05) is 0 Å². The second kappa shape index (κ2) is 9.28. The molecule has 5 aromatic rings. The third-order valence-corrected chi connectivity index (χ3v) is 6.23. The van der Waals surface area contributed by atoms with E-state index in [-0.39, 0.29) is 11.4 Å². The Bertz CT molecular complexity index is 1520. The second-order valence-corrected chi connectivity index (χ2v) is 8.53. The molecule has 5 rings (SSSR count). The zero-order valence-corrected chi connectivity index (χ0v) is 19.0. The normalized spacial score (nSPS) is 11.0. The number of hydrogen-bond acceptors (Lipinski definition) is 7. The van der Waals surface area contributed by atoms with E-state index in [9.17, 15) is 9.59 Å². The number of aryl methyl sites for hydroxylation is 1. The Balaban J connectivity index is 1.28. The Hall–Kier alpha value is -4.31. The second-order valence-electron chi connectivity index (χ2n) is 7.67. The molecule has 0 fully saturated rings. The van der Waals surface area contributed by atoms with E-state index < -0.39 is 5.91 Å². The van der Waals surface area contributed by atoms with Gasteiger partial charge in [-0.25, -0.2) is 4.98 Å². The summed E-state index contributed by atoms with van der Waals surface area (Å²) < 4.78 is 5.56. The fourth-order valence-electron chi connectivity index (χ4n) is 3.58. The molecule has 170 valence electrons. The van der Waals surface area contributed by atoms with Crippen molar-refractivity contribution in [2.24, 2.45) is 0 Å². The van der Waals surface area contributed by atoms with Gasteiger partial charge in [0, 0.05) is 6.54 Å². The smallest absolute Gasteiger partial charge is 0.335 e. The molecule has 3 heterocycles. The number of aromatic nitrogens is 5. The molecule has 0 aliphatic heterocycles. The van der Waals surface area contributed by atoms with Crippen molar-refractivity contribution in [3.63, 3.8) is 0 Å². The molecule has 34 heavy (non-hydrogen) atoms. The van der Waals surface area contributed by atoms with Gasteiger partial charge in [-0.15, -0.1) is 16.4 Å². The summed E-state index contributed by atoms with van der Waals surface area (Å²) >= 11 is 1.35. The van der Waals surface area contributed by atoms with Gasteiger partial charge in [0.05, 0.1) is 5.39 Å². The number of amides is 1. The maximum Gasteiger partial charge on any atom is 0.335 e. The lowest BCUT2D eigenvalue weighted by Crippen LogP contribution is -2.27. The minimum atomic E-state index is -0.429. The molecule has 2 aromatic carbocycles. The Morgan fingerprint density at radius 2 is 1.88 bits per heavy atom. The van der Waals surface area contributed by atoms with Crippen LogP contribution < -0.4 is 15.6 Å². The molecule has 0 aliphatic carbocycles. The molecule has 0 saturated carbocycles. The first-order chi connectivity index (χ1) is 16.6. The molecule has 10 heteroatoms. The largest absolute Gasteiger partial charge is 0.458 e. The number of nitrogens with one attached hydrogen (secondary N) is 3. The number of benzene rings is 2. The van der Waals surface area contributed by atoms with E-state index >= 15 is 0 Å². The highest BCUT2D eigenvalue weighted by atomic mass is 32.1. The van der Waals surface area contributed by atoms with Gasteiger partial charge in [0.1, 0.15) is 17.8 Å². The van der Waals surface area contributed by atoms with Gasteiger partial charge in [-0.05, 0) is 52.3 Å². The fourth-order valence-corrected chi connectivity index (χ4v) is 4.50. The lowest BCUT2D eigenvalue weighted by Gasteiger charge is -2.09. The topological polar surface area (TPSA) is 126 Å². The number of carbonyl (C=O) groups excluding carboxylic acids is 1. The van der Waals surface area contributed by atoms with Gasteiger partial charge in [0.2, 0.25) is 5.82 Å². The van der Waals surface area contributed by atoms with Crippen molar-refractivity contribution in [3.05, 3.63) is 93.1 Å². The summed E-state index contributed by atoms with van der Waals surface area (Å²) in [5, 5.41) is 11.7. The lowest BCUT2D eigenvalue weighted by molar-refractivity contribution is 0.0940. The molecule has 0 bridgehead atoms. The summed E-state index contributed by atoms with van der Waals surface area (Å²) in [6.07, 6.45) is 1.46. The fraction of sp³-hybridized carbons (Fsp3) is 0.125. The van der Waals surface area contributed by atoms with E-state index in [0.717, 1.165) is 27.8 Å². The van der Waals surface area contributed by atoms with Crippen LogP contribution in [0, 0.1) is 6.92 Å². The number of fused-ring (bicyclic) bond motifs is 1. The summed E-state index contributed by atoms with van der Waals surface area (Å²) in [6, 6.07) is 16.2. The number of rotatable bonds is 7. The predicted molar refractivity (Wildman–Crippen MR) is 129 cm³/mol. The molecule has 0 aliphatic rings. The SMILES string of the molecule is Cc1csc2nc(C(=O)NCc3cccc(-c4cccc(COc5nc[nH]n5)c4)c3)[nH]c(=O)c12. The third-order valence-electron chi connectivity index (χ3n) is 5.24. The molecule has 9 nitrogen and oxygen atoms in total. The van der Waals surface area contributed by atoms with Crippen molar-refractivity contribution >= 4 is 27.5 Å². The molecular formula is C24H20N6O3S. The highest BCUT2D eigenvalue weighted by molar-refractivity contribution is 7.16. The Labute approximate surface area is 197 Å². The molecule has 0 saturated heterocycles. The maximum atomic E-state index is 12.6. The average Bonchev–Trinajstić information content (AvgIpc) is 3.51. The minimum absolute atomic E-state index is 0.00890. The number of ether oxygens (including phenoxy) is 1. The molecule has 0 atom stereocenters. The van der Waals surface area contributed by atoms with Crippen molar-refractivity contribution in [1.29, 1.82) is 0 Å². The summed E-state index contributed by atoms with van der Waals surface area (Å²) in [4.78, 5) is 36.3. The molecule has 1 amide bonds. The zero-order valence-electron chi connectivity index (χ0n) is 18.2. The summed E-state index contributed by atoms with van der Waals surface area (Å²) in [5.41, 5.74) is 4.48. The van der Waals surface area contributed by atoms with E-state index in [1.54, 1.807) is 0 Å². The van der Waals surface area contributed by atoms with Crippen LogP contribution in [-0.4, -0.2) is 31.1 Å². The summed E-state index contributed by atoms with van der Waals surface area (Å²) in [7, 11) is 0. The first-order valence-corrected chi connectivity index (χ1v) is 11.4. The molecular weight excluding hydrogens is 452 g/mol. The quantitative estimate of drug-likeness (QED) is 0.332. The van der Waals surface area contributed by atoms with Crippen molar-refractivity contribution < 1.29 is 9.53 Å². The minimum Gasteiger partial charge on any atom is -0.458 e. The number of nitrogens with zero attached hydrogens (tertiary/aromatic N) is 3. The van der Waals surface area contributed by atoms with Gasteiger partial charge in [-0.3, -0.25) is 14.7 Å². The van der Waals surface area contributed by atoms with Crippen LogP contribution in [0.15, 0.2) is 65.0 Å². The molecule has 0 unspecified atom stereocenters. The van der Waals surface area contributed by atoms with Crippen molar-refractivity contribution in [1.82, 2.24) is 30.5 Å². The number of H-pyrrole nitrogens is 2. The number of hydrogen-bond donors (Lipinski definition) is 3. The van der Waals surface area contributed by atoms with Gasteiger partial charge in [-0.2, -0.15) is 4.98 Å². The van der Waals surface area contributed by atoms with Crippen LogP contribution in [-0.2, 0) is 13.2 Å². The average molecular weight is 473 g/mol. The van der Waals surface area contributed by atoms with Crippen LogP contribution in [0.4, 0.5) is 0 Å². The van der Waals surface area contributed by atoms with Gasteiger partial charge < -0.3 is 15.0 Å². The van der Waals surface area contributed by atoms with E-state index in [1.165, 1.54) is 17.7 Å². The van der Waals surface area contributed by atoms with Crippen LogP contribution in [0.2, 0.25) is 0 Å².